The highest BCUT2D eigenvalue weighted by atomic mass is 16.7. The first kappa shape index (κ1) is 26.7. The van der Waals surface area contributed by atoms with E-state index in [2.05, 4.69) is 34.6 Å². The largest absolute Gasteiger partial charge is 0.514 e. The van der Waals surface area contributed by atoms with Crippen molar-refractivity contribution in [2.75, 3.05) is 0 Å². The molecule has 4 saturated carbocycles. The van der Waals surface area contributed by atoms with Crippen molar-refractivity contribution in [2.24, 2.45) is 46.3 Å². The van der Waals surface area contributed by atoms with E-state index in [4.69, 9.17) is 14.2 Å². The molecule has 38 heavy (non-hydrogen) atoms. The van der Waals surface area contributed by atoms with Gasteiger partial charge in [0.1, 0.15) is 17.5 Å². The number of para-hydroxylation sites is 1. The summed E-state index contributed by atoms with van der Waals surface area (Å²) in [6.45, 7) is 12.5. The summed E-state index contributed by atoms with van der Waals surface area (Å²) in [6, 6.07) is 9.22. The third kappa shape index (κ3) is 4.32. The first-order chi connectivity index (χ1) is 18.2. The van der Waals surface area contributed by atoms with Gasteiger partial charge in [-0.25, -0.2) is 4.79 Å². The van der Waals surface area contributed by atoms with Crippen LogP contribution < -0.4 is 4.74 Å². The first-order valence-electron chi connectivity index (χ1n) is 15.8. The zero-order chi connectivity index (χ0) is 26.7. The van der Waals surface area contributed by atoms with Crippen LogP contribution in [-0.4, -0.2) is 24.0 Å². The maximum absolute atomic E-state index is 12.5. The molecular formula is C34H50O4. The van der Waals surface area contributed by atoms with Gasteiger partial charge < -0.3 is 14.2 Å². The Hall–Kier alpha value is -1.55. The molecule has 10 atom stereocenters. The van der Waals surface area contributed by atoms with Crippen LogP contribution in [0.4, 0.5) is 4.79 Å². The molecule has 1 aromatic rings. The van der Waals surface area contributed by atoms with E-state index in [0.717, 1.165) is 54.8 Å². The van der Waals surface area contributed by atoms with E-state index in [-0.39, 0.29) is 17.1 Å². The van der Waals surface area contributed by atoms with Crippen LogP contribution in [0.25, 0.3) is 0 Å². The van der Waals surface area contributed by atoms with E-state index < -0.39 is 6.16 Å². The van der Waals surface area contributed by atoms with Crippen molar-refractivity contribution >= 4 is 6.16 Å². The Labute approximate surface area is 230 Å². The average molecular weight is 523 g/mol. The predicted molar refractivity (Wildman–Crippen MR) is 150 cm³/mol. The van der Waals surface area contributed by atoms with Crippen LogP contribution in [0, 0.1) is 46.3 Å². The summed E-state index contributed by atoms with van der Waals surface area (Å²) in [5.41, 5.74) is 0.608. The maximum Gasteiger partial charge on any atom is 0.514 e. The van der Waals surface area contributed by atoms with Crippen LogP contribution in [0.3, 0.4) is 0 Å². The van der Waals surface area contributed by atoms with Crippen LogP contribution in [0.2, 0.25) is 0 Å². The predicted octanol–water partition coefficient (Wildman–Crippen LogP) is 8.82. The monoisotopic (exact) mass is 522 g/mol. The minimum atomic E-state index is -0.583. The number of fused-ring (bicyclic) bond motifs is 4. The highest BCUT2D eigenvalue weighted by molar-refractivity contribution is 5.64. The minimum Gasteiger partial charge on any atom is -0.431 e. The molecule has 6 rings (SSSR count). The van der Waals surface area contributed by atoms with Gasteiger partial charge in [-0.3, -0.25) is 0 Å². The Kier molecular flexibility index (Phi) is 6.89. The van der Waals surface area contributed by atoms with E-state index in [0.29, 0.717) is 17.3 Å². The number of hydrogen-bond donors (Lipinski definition) is 0. The number of carbonyl (C=O) groups excluding carboxylic acids is 1. The second-order valence-corrected chi connectivity index (χ2v) is 14.7. The van der Waals surface area contributed by atoms with Gasteiger partial charge in [-0.1, -0.05) is 72.1 Å². The molecule has 5 aliphatic rings. The highest BCUT2D eigenvalue weighted by Gasteiger charge is 2.76. The number of epoxide rings is 1. The summed E-state index contributed by atoms with van der Waals surface area (Å²) < 4.78 is 18.0. The number of rotatable bonds is 7. The van der Waals surface area contributed by atoms with E-state index in [1.54, 1.807) is 12.1 Å². The fourth-order valence-electron chi connectivity index (χ4n) is 10.5. The second kappa shape index (κ2) is 9.82. The van der Waals surface area contributed by atoms with Gasteiger partial charge in [0.15, 0.2) is 0 Å². The maximum atomic E-state index is 12.5. The Morgan fingerprint density at radius 1 is 1.00 bits per heavy atom. The SMILES string of the molecule is CC(C)CCC[C@@H](C)[C@H]1CC[C@H]2[C@@H]3C[C@H]4OC45C[C@@H](OC(=O)Oc4ccccc4)CC[C@]5(C)[C@H]3CC[C@]12C. The molecule has 0 aromatic heterocycles. The molecule has 1 heterocycles. The van der Waals surface area contributed by atoms with Crippen molar-refractivity contribution in [2.45, 2.75) is 123 Å². The quantitative estimate of drug-likeness (QED) is 0.204. The second-order valence-electron chi connectivity index (χ2n) is 14.7. The molecule has 0 radical (unpaired) electrons. The van der Waals surface area contributed by atoms with Gasteiger partial charge in [-0.05, 0) is 98.0 Å². The number of hydrogen-bond acceptors (Lipinski definition) is 4. The van der Waals surface area contributed by atoms with Crippen molar-refractivity contribution in [3.63, 3.8) is 0 Å². The third-order valence-corrected chi connectivity index (χ3v) is 12.4. The Bertz CT molecular complexity index is 1010. The first-order valence-corrected chi connectivity index (χ1v) is 15.8. The Morgan fingerprint density at radius 3 is 2.55 bits per heavy atom. The molecule has 1 aromatic carbocycles. The highest BCUT2D eigenvalue weighted by Crippen LogP contribution is 2.74. The molecule has 1 aliphatic heterocycles. The molecule has 1 unspecified atom stereocenters. The van der Waals surface area contributed by atoms with Gasteiger partial charge in [-0.2, -0.15) is 0 Å². The normalized spacial score (nSPS) is 43.8. The summed E-state index contributed by atoms with van der Waals surface area (Å²) in [7, 11) is 0. The smallest absolute Gasteiger partial charge is 0.431 e. The van der Waals surface area contributed by atoms with E-state index >= 15 is 0 Å². The zero-order valence-electron chi connectivity index (χ0n) is 24.4. The van der Waals surface area contributed by atoms with E-state index in [9.17, 15) is 4.79 Å². The van der Waals surface area contributed by atoms with E-state index in [1.807, 2.05) is 18.2 Å². The Balaban J connectivity index is 1.11. The lowest BCUT2D eigenvalue weighted by molar-refractivity contribution is -0.119. The van der Waals surface area contributed by atoms with Gasteiger partial charge in [0.25, 0.3) is 0 Å². The Morgan fingerprint density at radius 2 is 1.79 bits per heavy atom. The standard InChI is InChI=1S/C34H50O4/c1-22(2)10-9-11-23(3)27-14-15-28-26-20-30-34(38-30)21-25(37-31(35)36-24-12-7-6-8-13-24)16-19-33(34,5)29(26)17-18-32(27,28)4/h6-8,12-13,22-23,25-30H,9-11,14-21H2,1-5H3/t23-,25+,26+,27-,28+,29+,30-,32-,33-,34?/m1/s1. The molecule has 0 bridgehead atoms. The lowest BCUT2D eigenvalue weighted by Crippen LogP contribution is -2.59. The van der Waals surface area contributed by atoms with Crippen LogP contribution in [0.5, 0.6) is 5.75 Å². The van der Waals surface area contributed by atoms with Crippen LogP contribution in [0.1, 0.15) is 105 Å². The zero-order valence-corrected chi connectivity index (χ0v) is 24.4. The van der Waals surface area contributed by atoms with Gasteiger partial charge in [0.2, 0.25) is 0 Å². The average Bonchev–Trinajstić information content (AvgIpc) is 3.45. The third-order valence-electron chi connectivity index (χ3n) is 12.4. The molecule has 0 amide bonds. The van der Waals surface area contributed by atoms with Gasteiger partial charge in [-0.15, -0.1) is 0 Å². The molecule has 4 heteroatoms. The fraction of sp³-hybridized carbons (Fsp3) is 0.794. The van der Waals surface area contributed by atoms with Crippen molar-refractivity contribution in [3.8, 4) is 5.75 Å². The minimum absolute atomic E-state index is 0.0972. The molecule has 5 fully saturated rings. The molecule has 0 N–H and O–H groups in total. The number of benzene rings is 1. The summed E-state index contributed by atoms with van der Waals surface area (Å²) in [4.78, 5) is 12.5. The van der Waals surface area contributed by atoms with Crippen LogP contribution in [-0.2, 0) is 9.47 Å². The molecular weight excluding hydrogens is 472 g/mol. The van der Waals surface area contributed by atoms with Crippen LogP contribution in [0.15, 0.2) is 30.3 Å². The number of ether oxygens (including phenoxy) is 3. The van der Waals surface area contributed by atoms with E-state index in [1.165, 1.54) is 51.4 Å². The van der Waals surface area contributed by atoms with Crippen molar-refractivity contribution in [1.82, 2.24) is 0 Å². The topological polar surface area (TPSA) is 48.1 Å². The molecule has 1 saturated heterocycles. The summed E-state index contributed by atoms with van der Waals surface area (Å²) in [5.74, 6) is 5.49. The summed E-state index contributed by atoms with van der Waals surface area (Å²) >= 11 is 0. The van der Waals surface area contributed by atoms with Gasteiger partial charge >= 0.3 is 6.16 Å². The number of carbonyl (C=O) groups is 1. The van der Waals surface area contributed by atoms with Crippen molar-refractivity contribution in [1.29, 1.82) is 0 Å². The van der Waals surface area contributed by atoms with Gasteiger partial charge in [0, 0.05) is 11.8 Å². The summed E-state index contributed by atoms with van der Waals surface area (Å²) in [6.07, 6.45) is 13.5. The molecule has 4 nitrogen and oxygen atoms in total. The summed E-state index contributed by atoms with van der Waals surface area (Å²) in [5, 5.41) is 0. The molecule has 210 valence electrons. The molecule has 1 spiro atoms. The van der Waals surface area contributed by atoms with Crippen molar-refractivity contribution < 1.29 is 19.0 Å². The molecule has 4 aliphatic carbocycles. The van der Waals surface area contributed by atoms with Crippen molar-refractivity contribution in [3.05, 3.63) is 30.3 Å². The van der Waals surface area contributed by atoms with Crippen LogP contribution >= 0.6 is 0 Å². The lowest BCUT2D eigenvalue weighted by atomic mass is 9.44. The fourth-order valence-corrected chi connectivity index (χ4v) is 10.5. The lowest BCUT2D eigenvalue weighted by Gasteiger charge is -2.59. The van der Waals surface area contributed by atoms with Gasteiger partial charge in [0.05, 0.1) is 6.10 Å².